The Balaban J connectivity index is 1.82. The molecule has 0 bridgehead atoms. The lowest BCUT2D eigenvalue weighted by atomic mass is 10.0. The van der Waals surface area contributed by atoms with Gasteiger partial charge in [-0.1, -0.05) is 0 Å². The van der Waals surface area contributed by atoms with E-state index in [9.17, 15) is 26.4 Å². The number of alkyl halides is 3. The summed E-state index contributed by atoms with van der Waals surface area (Å²) in [7, 11) is -3.22. The van der Waals surface area contributed by atoms with Crippen LogP contribution in [-0.4, -0.2) is 44.6 Å². The first-order valence-corrected chi connectivity index (χ1v) is 10.6. The summed E-state index contributed by atoms with van der Waals surface area (Å²) in [6.45, 7) is 3.03. The Morgan fingerprint density at radius 3 is 2.44 bits per heavy atom. The molecular formula is C17H22F3N3O3S. The number of nitrogens with zero attached hydrogens (tertiary/aromatic N) is 1. The Bertz CT molecular complexity index is 836. The second-order valence-electron chi connectivity index (χ2n) is 7.41. The smallest absolute Gasteiger partial charge is 0.370 e. The van der Waals surface area contributed by atoms with Crippen molar-refractivity contribution in [2.24, 2.45) is 0 Å². The summed E-state index contributed by atoms with van der Waals surface area (Å²) in [4.78, 5) is 14.3. The molecule has 1 aromatic rings. The molecule has 0 aromatic heterocycles. The van der Waals surface area contributed by atoms with Gasteiger partial charge in [0.1, 0.15) is 0 Å². The van der Waals surface area contributed by atoms with Crippen molar-refractivity contribution in [2.45, 2.75) is 37.9 Å². The molecule has 27 heavy (non-hydrogen) atoms. The molecule has 0 aliphatic carbocycles. The van der Waals surface area contributed by atoms with Gasteiger partial charge in [-0.15, -0.1) is 0 Å². The maximum absolute atomic E-state index is 13.1. The molecule has 6 nitrogen and oxygen atoms in total. The fourth-order valence-electron chi connectivity index (χ4n) is 3.58. The van der Waals surface area contributed by atoms with Crippen LogP contribution in [-0.2, 0) is 16.0 Å². The van der Waals surface area contributed by atoms with Gasteiger partial charge in [0.05, 0.1) is 34.0 Å². The SMILES string of the molecule is C[C@]1(NC(=O)Nc2cc(C(F)(F)F)ccc2N2CCCC2)CCS(=O)(=O)C1. The Kier molecular flexibility index (Phi) is 5.04. The van der Waals surface area contributed by atoms with Crippen molar-refractivity contribution in [3.63, 3.8) is 0 Å². The molecule has 2 heterocycles. The maximum Gasteiger partial charge on any atom is 0.416 e. The van der Waals surface area contributed by atoms with E-state index in [0.29, 0.717) is 18.8 Å². The largest absolute Gasteiger partial charge is 0.416 e. The van der Waals surface area contributed by atoms with Crippen LogP contribution in [0.3, 0.4) is 0 Å². The predicted molar refractivity (Wildman–Crippen MR) is 96.7 cm³/mol. The number of amides is 2. The van der Waals surface area contributed by atoms with Gasteiger partial charge in [0.2, 0.25) is 0 Å². The fourth-order valence-corrected chi connectivity index (χ4v) is 5.68. The van der Waals surface area contributed by atoms with Gasteiger partial charge in [-0.3, -0.25) is 0 Å². The van der Waals surface area contributed by atoms with Gasteiger partial charge in [-0.25, -0.2) is 13.2 Å². The van der Waals surface area contributed by atoms with Crippen LogP contribution in [0, 0.1) is 0 Å². The number of halogens is 3. The summed E-state index contributed by atoms with van der Waals surface area (Å²) in [5.41, 5.74) is -1.19. The second-order valence-corrected chi connectivity index (χ2v) is 9.59. The summed E-state index contributed by atoms with van der Waals surface area (Å²) in [6.07, 6.45) is -2.39. The van der Waals surface area contributed by atoms with Crippen molar-refractivity contribution in [3.8, 4) is 0 Å². The van der Waals surface area contributed by atoms with E-state index in [1.807, 2.05) is 4.90 Å². The van der Waals surface area contributed by atoms with Gasteiger partial charge in [-0.05, 0) is 44.4 Å². The first-order chi connectivity index (χ1) is 12.5. The molecule has 2 N–H and O–H groups in total. The lowest BCUT2D eigenvalue weighted by molar-refractivity contribution is -0.137. The topological polar surface area (TPSA) is 78.5 Å². The Morgan fingerprint density at radius 1 is 1.22 bits per heavy atom. The molecule has 0 saturated carbocycles. The van der Waals surface area contributed by atoms with Crippen LogP contribution in [0.2, 0.25) is 0 Å². The normalized spacial score (nSPS) is 24.8. The molecule has 2 aliphatic heterocycles. The van der Waals surface area contributed by atoms with E-state index in [0.717, 1.165) is 25.0 Å². The number of hydrogen-bond donors (Lipinski definition) is 2. The lowest BCUT2D eigenvalue weighted by Gasteiger charge is -2.26. The molecule has 1 atom stereocenters. The van der Waals surface area contributed by atoms with Crippen LogP contribution >= 0.6 is 0 Å². The van der Waals surface area contributed by atoms with Gasteiger partial charge in [0, 0.05) is 13.1 Å². The van der Waals surface area contributed by atoms with Gasteiger partial charge >= 0.3 is 12.2 Å². The third-order valence-electron chi connectivity index (χ3n) is 4.94. The van der Waals surface area contributed by atoms with E-state index >= 15 is 0 Å². The summed E-state index contributed by atoms with van der Waals surface area (Å²) < 4.78 is 62.6. The Morgan fingerprint density at radius 2 is 1.89 bits per heavy atom. The summed E-state index contributed by atoms with van der Waals surface area (Å²) in [5.74, 6) is -0.207. The van der Waals surface area contributed by atoms with Crippen molar-refractivity contribution in [1.82, 2.24) is 5.32 Å². The highest BCUT2D eigenvalue weighted by molar-refractivity contribution is 7.91. The van der Waals surface area contributed by atoms with Gasteiger partial charge in [0.25, 0.3) is 0 Å². The van der Waals surface area contributed by atoms with Crippen molar-refractivity contribution < 1.29 is 26.4 Å². The minimum absolute atomic E-state index is 0.0215. The molecule has 0 radical (unpaired) electrons. The van der Waals surface area contributed by atoms with Crippen LogP contribution in [0.1, 0.15) is 31.7 Å². The molecule has 0 unspecified atom stereocenters. The minimum atomic E-state index is -4.53. The van der Waals surface area contributed by atoms with Gasteiger partial charge in [-0.2, -0.15) is 13.2 Å². The van der Waals surface area contributed by atoms with Gasteiger partial charge < -0.3 is 15.5 Å². The van der Waals surface area contributed by atoms with E-state index < -0.39 is 33.1 Å². The maximum atomic E-state index is 13.1. The van der Waals surface area contributed by atoms with Crippen LogP contribution in [0.25, 0.3) is 0 Å². The van der Waals surface area contributed by atoms with Crippen LogP contribution in [0.5, 0.6) is 0 Å². The number of anilines is 2. The quantitative estimate of drug-likeness (QED) is 0.810. The first-order valence-electron chi connectivity index (χ1n) is 8.73. The molecule has 2 saturated heterocycles. The molecule has 3 rings (SSSR count). The standard InChI is InChI=1S/C17H22F3N3O3S/c1-16(6-9-27(25,26)11-16)22-15(24)21-13-10-12(17(18,19)20)4-5-14(13)23-7-2-3-8-23/h4-5,10H,2-3,6-9,11H2,1H3,(H2,21,22,24)/t16-/m0/s1. The van der Waals surface area contributed by atoms with Crippen LogP contribution in [0.4, 0.5) is 29.3 Å². The molecule has 2 fully saturated rings. The number of urea groups is 1. The second kappa shape index (κ2) is 6.88. The van der Waals surface area contributed by atoms with E-state index in [1.54, 1.807) is 6.92 Å². The Hall–Kier alpha value is -1.97. The highest BCUT2D eigenvalue weighted by Crippen LogP contribution is 2.36. The highest BCUT2D eigenvalue weighted by Gasteiger charge is 2.39. The highest BCUT2D eigenvalue weighted by atomic mass is 32.2. The number of carbonyl (C=O) groups excluding carboxylic acids is 1. The van der Waals surface area contributed by atoms with Crippen molar-refractivity contribution in [2.75, 3.05) is 34.8 Å². The number of nitrogens with one attached hydrogen (secondary N) is 2. The Labute approximate surface area is 156 Å². The van der Waals surface area contributed by atoms with Gasteiger partial charge in [0.15, 0.2) is 9.84 Å². The molecule has 2 amide bonds. The minimum Gasteiger partial charge on any atom is -0.370 e. The van der Waals surface area contributed by atoms with Crippen molar-refractivity contribution in [3.05, 3.63) is 23.8 Å². The molecule has 0 spiro atoms. The molecule has 2 aliphatic rings. The van der Waals surface area contributed by atoms with Crippen molar-refractivity contribution >= 4 is 27.2 Å². The average molecular weight is 405 g/mol. The fraction of sp³-hybridized carbons (Fsp3) is 0.588. The van der Waals surface area contributed by atoms with Crippen LogP contribution in [0.15, 0.2) is 18.2 Å². The number of hydrogen-bond acceptors (Lipinski definition) is 4. The number of carbonyl (C=O) groups is 1. The monoisotopic (exact) mass is 405 g/mol. The molecular weight excluding hydrogens is 383 g/mol. The van der Waals surface area contributed by atoms with E-state index in [2.05, 4.69) is 10.6 Å². The molecule has 1 aromatic carbocycles. The zero-order valence-electron chi connectivity index (χ0n) is 14.9. The lowest BCUT2D eigenvalue weighted by Crippen LogP contribution is -2.48. The molecule has 150 valence electrons. The summed E-state index contributed by atoms with van der Waals surface area (Å²) in [6, 6.07) is 2.57. The average Bonchev–Trinajstić information content (AvgIpc) is 3.14. The molecule has 10 heteroatoms. The zero-order valence-corrected chi connectivity index (χ0v) is 15.7. The number of sulfone groups is 1. The van der Waals surface area contributed by atoms with Crippen molar-refractivity contribution in [1.29, 1.82) is 0 Å². The summed E-state index contributed by atoms with van der Waals surface area (Å²) in [5, 5.41) is 5.10. The zero-order chi connectivity index (χ0) is 19.9. The van der Waals surface area contributed by atoms with E-state index in [4.69, 9.17) is 0 Å². The number of benzene rings is 1. The third kappa shape index (κ3) is 4.66. The summed E-state index contributed by atoms with van der Waals surface area (Å²) >= 11 is 0. The first kappa shape index (κ1) is 19.8. The third-order valence-corrected chi connectivity index (χ3v) is 6.84. The van der Waals surface area contributed by atoms with Crippen LogP contribution < -0.4 is 15.5 Å². The number of rotatable bonds is 3. The van der Waals surface area contributed by atoms with E-state index in [1.165, 1.54) is 6.07 Å². The van der Waals surface area contributed by atoms with E-state index in [-0.39, 0.29) is 23.6 Å². The predicted octanol–water partition coefficient (Wildman–Crippen LogP) is 3.00.